The Morgan fingerprint density at radius 2 is 2.09 bits per heavy atom. The summed E-state index contributed by atoms with van der Waals surface area (Å²) in [4.78, 5) is 15.1. The second-order valence-corrected chi connectivity index (χ2v) is 9.35. The van der Waals surface area contributed by atoms with Gasteiger partial charge < -0.3 is 15.7 Å². The molecule has 11 heteroatoms. The molecule has 168 valence electrons. The van der Waals surface area contributed by atoms with Crippen LogP contribution < -0.4 is 10.6 Å². The summed E-state index contributed by atoms with van der Waals surface area (Å²) in [5.74, 6) is -0.0718. The minimum atomic E-state index is -1.21. The van der Waals surface area contributed by atoms with Crippen LogP contribution in [0.2, 0.25) is 0 Å². The number of aromatic nitrogens is 5. The van der Waals surface area contributed by atoms with Crippen molar-refractivity contribution in [2.75, 3.05) is 11.9 Å². The minimum Gasteiger partial charge on any atom is -0.390 e. The van der Waals surface area contributed by atoms with Gasteiger partial charge in [0, 0.05) is 18.7 Å². The quantitative estimate of drug-likeness (QED) is 0.429. The number of aryl methyl sites for hydroxylation is 1. The summed E-state index contributed by atoms with van der Waals surface area (Å²) in [5, 5.41) is 17.8. The van der Waals surface area contributed by atoms with Gasteiger partial charge in [0.15, 0.2) is 17.3 Å². The number of thiazole rings is 1. The number of rotatable bonds is 4. The molecule has 1 saturated carbocycles. The van der Waals surface area contributed by atoms with Crippen LogP contribution in [-0.4, -0.2) is 55.6 Å². The predicted octanol–water partition coefficient (Wildman–Crippen LogP) is 3.22. The van der Waals surface area contributed by atoms with Gasteiger partial charge in [0.05, 0.1) is 27.9 Å². The van der Waals surface area contributed by atoms with E-state index in [9.17, 15) is 9.50 Å². The largest absolute Gasteiger partial charge is 0.390 e. The Labute approximate surface area is 186 Å². The van der Waals surface area contributed by atoms with Crippen LogP contribution in [0.1, 0.15) is 30.0 Å². The second kappa shape index (κ2) is 7.98. The molecule has 4 N–H and O–H groups in total. The first-order valence-corrected chi connectivity index (χ1v) is 11.2. The average Bonchev–Trinajstić information content (AvgIpc) is 3.37. The highest BCUT2D eigenvalue weighted by Gasteiger charge is 2.35. The summed E-state index contributed by atoms with van der Waals surface area (Å²) in [6, 6.07) is 2.36. The van der Waals surface area contributed by atoms with Crippen LogP contribution in [0.25, 0.3) is 32.6 Å². The number of H-pyrrole nitrogens is 1. The number of alkyl halides is 1. The van der Waals surface area contributed by atoms with E-state index in [1.165, 1.54) is 11.3 Å². The van der Waals surface area contributed by atoms with Gasteiger partial charge in [-0.2, -0.15) is 5.10 Å². The minimum absolute atomic E-state index is 0.268. The number of nitrogens with zero attached hydrogens (tertiary/aromatic N) is 5. The number of nitrogens with one attached hydrogen (secondary N) is 1. The van der Waals surface area contributed by atoms with E-state index in [1.807, 2.05) is 6.92 Å². The van der Waals surface area contributed by atoms with Crippen molar-refractivity contribution in [2.45, 2.75) is 51.0 Å². The monoisotopic (exact) mass is 459 g/mol. The molecule has 3 aromatic heterocycles. The SMILES string of the molecule is Cc1nc2ccc(-c3n[nH]c4nc(N(C)[C@@H]5CCC[C@H](N)[C@@H]5F)c(CO)nc34)c(F)c2s1. The molecule has 3 atom stereocenters. The van der Waals surface area contributed by atoms with Crippen molar-refractivity contribution in [3.63, 3.8) is 0 Å². The molecule has 0 aliphatic heterocycles. The van der Waals surface area contributed by atoms with E-state index in [4.69, 9.17) is 5.73 Å². The number of aromatic amines is 1. The average molecular weight is 460 g/mol. The maximum atomic E-state index is 15.2. The zero-order chi connectivity index (χ0) is 22.6. The third kappa shape index (κ3) is 3.31. The molecule has 0 unspecified atom stereocenters. The molecule has 3 heterocycles. The molecular weight excluding hydrogens is 436 g/mol. The molecule has 1 aliphatic rings. The molecule has 0 amide bonds. The van der Waals surface area contributed by atoms with Gasteiger partial charge in [-0.3, -0.25) is 5.10 Å². The molecule has 32 heavy (non-hydrogen) atoms. The van der Waals surface area contributed by atoms with Crippen molar-refractivity contribution < 1.29 is 13.9 Å². The summed E-state index contributed by atoms with van der Waals surface area (Å²) in [7, 11) is 1.72. The summed E-state index contributed by atoms with van der Waals surface area (Å²) in [5.41, 5.74) is 8.02. The third-order valence-electron chi connectivity index (χ3n) is 6.10. The number of fused-ring (bicyclic) bond motifs is 2. The number of nitrogens with two attached hydrogens (primary N) is 1. The van der Waals surface area contributed by atoms with E-state index >= 15 is 4.39 Å². The molecule has 0 saturated heterocycles. The fourth-order valence-electron chi connectivity index (χ4n) is 4.43. The lowest BCUT2D eigenvalue weighted by molar-refractivity contribution is 0.184. The number of benzene rings is 1. The molecule has 5 rings (SSSR count). The van der Waals surface area contributed by atoms with E-state index < -0.39 is 30.7 Å². The lowest BCUT2D eigenvalue weighted by Crippen LogP contribution is -2.51. The zero-order valence-corrected chi connectivity index (χ0v) is 18.5. The Morgan fingerprint density at radius 1 is 1.28 bits per heavy atom. The van der Waals surface area contributed by atoms with Gasteiger partial charge in [0.2, 0.25) is 0 Å². The van der Waals surface area contributed by atoms with Gasteiger partial charge in [-0.05, 0) is 38.3 Å². The van der Waals surface area contributed by atoms with Crippen LogP contribution in [0.4, 0.5) is 14.6 Å². The molecule has 1 aliphatic carbocycles. The van der Waals surface area contributed by atoms with Gasteiger partial charge in [0.1, 0.15) is 23.1 Å². The lowest BCUT2D eigenvalue weighted by atomic mass is 9.89. The normalized spacial score (nSPS) is 21.5. The Morgan fingerprint density at radius 3 is 2.88 bits per heavy atom. The molecular formula is C21H23F2N7OS. The summed E-state index contributed by atoms with van der Waals surface area (Å²) in [6.45, 7) is 1.42. The molecule has 0 bridgehead atoms. The van der Waals surface area contributed by atoms with E-state index in [2.05, 4.69) is 25.1 Å². The highest BCUT2D eigenvalue weighted by molar-refractivity contribution is 7.18. The number of aliphatic hydroxyl groups excluding tert-OH is 1. The van der Waals surface area contributed by atoms with E-state index in [-0.39, 0.29) is 11.3 Å². The Hall–Kier alpha value is -2.76. The van der Waals surface area contributed by atoms with Gasteiger partial charge in [-0.1, -0.05) is 0 Å². The first kappa shape index (κ1) is 21.1. The van der Waals surface area contributed by atoms with E-state index in [1.54, 1.807) is 24.1 Å². The Bertz CT molecular complexity index is 1310. The van der Waals surface area contributed by atoms with Crippen molar-refractivity contribution in [3.8, 4) is 11.3 Å². The first-order valence-electron chi connectivity index (χ1n) is 10.4. The smallest absolute Gasteiger partial charge is 0.177 e. The van der Waals surface area contributed by atoms with Crippen LogP contribution in [0.3, 0.4) is 0 Å². The third-order valence-corrected chi connectivity index (χ3v) is 7.08. The highest BCUT2D eigenvalue weighted by atomic mass is 32.1. The van der Waals surface area contributed by atoms with Gasteiger partial charge >= 0.3 is 0 Å². The highest BCUT2D eigenvalue weighted by Crippen LogP contribution is 2.35. The zero-order valence-electron chi connectivity index (χ0n) is 17.6. The van der Waals surface area contributed by atoms with E-state index in [0.717, 1.165) is 11.4 Å². The van der Waals surface area contributed by atoms with Crippen molar-refractivity contribution in [1.29, 1.82) is 0 Å². The maximum Gasteiger partial charge on any atom is 0.177 e. The number of anilines is 1. The van der Waals surface area contributed by atoms with E-state index in [0.29, 0.717) is 45.7 Å². The van der Waals surface area contributed by atoms with Crippen molar-refractivity contribution in [3.05, 3.63) is 28.7 Å². The van der Waals surface area contributed by atoms with Crippen molar-refractivity contribution in [2.24, 2.45) is 5.73 Å². The maximum absolute atomic E-state index is 15.2. The summed E-state index contributed by atoms with van der Waals surface area (Å²) in [6.07, 6.45) is 0.873. The molecule has 1 aromatic carbocycles. The topological polar surface area (TPSA) is 117 Å². The van der Waals surface area contributed by atoms with Crippen molar-refractivity contribution in [1.82, 2.24) is 25.1 Å². The molecule has 4 aromatic rings. The molecule has 8 nitrogen and oxygen atoms in total. The van der Waals surface area contributed by atoms with Crippen LogP contribution in [0.15, 0.2) is 12.1 Å². The molecule has 1 fully saturated rings. The number of aliphatic hydroxyl groups is 1. The van der Waals surface area contributed by atoms with Gasteiger partial charge in [-0.25, -0.2) is 23.7 Å². The van der Waals surface area contributed by atoms with Crippen LogP contribution in [0, 0.1) is 12.7 Å². The number of hydrogen-bond donors (Lipinski definition) is 3. The Balaban J connectivity index is 1.60. The van der Waals surface area contributed by atoms with Crippen molar-refractivity contribution >= 4 is 38.5 Å². The predicted molar refractivity (Wildman–Crippen MR) is 120 cm³/mol. The first-order chi connectivity index (χ1) is 15.4. The number of halogens is 2. The van der Waals surface area contributed by atoms with Crippen LogP contribution >= 0.6 is 11.3 Å². The standard InChI is InChI=1S/C21H23F2N7OS/c1-9-25-12-7-6-10(15(22)19(12)32-9)17-18-20(29-28-17)27-21(13(8-31)26-18)30(2)14-5-3-4-11(24)16(14)23/h6-7,11,14,16,31H,3-5,8,24H2,1-2H3,(H,27,28,29)/t11-,14+,16-/m0/s1. The van der Waals surface area contributed by atoms with Crippen LogP contribution in [-0.2, 0) is 6.61 Å². The molecule has 0 spiro atoms. The Kier molecular flexibility index (Phi) is 5.26. The van der Waals surface area contributed by atoms with Gasteiger partial charge in [-0.15, -0.1) is 11.3 Å². The van der Waals surface area contributed by atoms with Gasteiger partial charge in [0.25, 0.3) is 0 Å². The lowest BCUT2D eigenvalue weighted by Gasteiger charge is -2.38. The van der Waals surface area contributed by atoms with Crippen LogP contribution in [0.5, 0.6) is 0 Å². The fourth-order valence-corrected chi connectivity index (χ4v) is 5.28. The number of hydrogen-bond acceptors (Lipinski definition) is 8. The summed E-state index contributed by atoms with van der Waals surface area (Å²) >= 11 is 1.27. The molecule has 0 radical (unpaired) electrons. The second-order valence-electron chi connectivity index (χ2n) is 8.15. The summed E-state index contributed by atoms with van der Waals surface area (Å²) < 4.78 is 30.5. The fraction of sp³-hybridized carbons (Fsp3) is 0.429.